The summed E-state index contributed by atoms with van der Waals surface area (Å²) in [5.41, 5.74) is 1.36. The van der Waals surface area contributed by atoms with Crippen molar-refractivity contribution in [1.82, 2.24) is 4.57 Å². The monoisotopic (exact) mass is 264 g/mol. The van der Waals surface area contributed by atoms with Crippen molar-refractivity contribution >= 4 is 17.4 Å². The number of nitrogens with zero attached hydrogens (tertiary/aromatic N) is 1. The van der Waals surface area contributed by atoms with Crippen molar-refractivity contribution < 1.29 is 9.21 Å². The van der Waals surface area contributed by atoms with E-state index in [0.717, 1.165) is 5.69 Å². The molecule has 94 valence electrons. The van der Waals surface area contributed by atoms with Crippen LogP contribution in [0.2, 0.25) is 5.02 Å². The van der Waals surface area contributed by atoms with E-state index in [4.69, 9.17) is 21.4 Å². The van der Waals surface area contributed by atoms with Gasteiger partial charge in [-0.15, -0.1) is 0 Å². The molecule has 0 spiro atoms. The van der Waals surface area contributed by atoms with Gasteiger partial charge in [-0.3, -0.25) is 14.8 Å². The van der Waals surface area contributed by atoms with Gasteiger partial charge in [0.2, 0.25) is 0 Å². The average molecular weight is 265 g/mol. The number of hydrogen-bond donors (Lipinski definition) is 1. The second-order valence-electron chi connectivity index (χ2n) is 4.07. The Kier molecular flexibility index (Phi) is 3.39. The molecular weight excluding hydrogens is 252 g/mol. The van der Waals surface area contributed by atoms with Gasteiger partial charge in [-0.1, -0.05) is 11.6 Å². The van der Waals surface area contributed by atoms with Gasteiger partial charge in [0.05, 0.1) is 12.2 Å². The van der Waals surface area contributed by atoms with Gasteiger partial charge in [0.1, 0.15) is 5.76 Å². The first-order valence-electron chi connectivity index (χ1n) is 5.49. The molecular formula is C13H13ClN2O2. The largest absolute Gasteiger partial charge is 0.429 e. The van der Waals surface area contributed by atoms with Crippen LogP contribution in [0.1, 0.15) is 21.8 Å². The van der Waals surface area contributed by atoms with E-state index in [9.17, 15) is 4.79 Å². The van der Waals surface area contributed by atoms with Gasteiger partial charge in [-0.05, 0) is 38.1 Å². The Hall–Kier alpha value is -1.81. The molecule has 0 aliphatic rings. The van der Waals surface area contributed by atoms with Crippen molar-refractivity contribution in [2.75, 3.05) is 0 Å². The van der Waals surface area contributed by atoms with E-state index in [0.29, 0.717) is 16.3 Å². The van der Waals surface area contributed by atoms with Crippen LogP contribution >= 0.6 is 11.6 Å². The summed E-state index contributed by atoms with van der Waals surface area (Å²) in [6.45, 7) is 3.70. The number of nitrogens with one attached hydrogen (secondary N) is 1. The molecule has 0 radical (unpaired) electrons. The third-order valence-electron chi connectivity index (χ3n) is 2.88. The van der Waals surface area contributed by atoms with E-state index in [1.807, 2.05) is 6.92 Å². The van der Waals surface area contributed by atoms with Gasteiger partial charge in [-0.2, -0.15) is 0 Å². The van der Waals surface area contributed by atoms with E-state index >= 15 is 0 Å². The normalized spacial score (nSPS) is 10.6. The summed E-state index contributed by atoms with van der Waals surface area (Å²) >= 11 is 5.77. The number of Topliss-reactive ketones (excluding diaryl/α,β-unsaturated/α-hetero) is 1. The first-order chi connectivity index (χ1) is 8.49. The Labute approximate surface area is 109 Å². The molecule has 1 aromatic carbocycles. The van der Waals surface area contributed by atoms with Crippen LogP contribution in [0.5, 0.6) is 0 Å². The number of hydrogen-bond acceptors (Lipinski definition) is 3. The lowest BCUT2D eigenvalue weighted by molar-refractivity contribution is 0.0967. The summed E-state index contributed by atoms with van der Waals surface area (Å²) in [5, 5.41) is 8.24. The summed E-state index contributed by atoms with van der Waals surface area (Å²) in [6.07, 6.45) is 0. The first-order valence-corrected chi connectivity index (χ1v) is 5.87. The molecule has 2 rings (SSSR count). The summed E-state index contributed by atoms with van der Waals surface area (Å²) in [4.78, 5) is 12.1. The number of carbonyl (C=O) groups excluding carboxylic acids is 1. The van der Waals surface area contributed by atoms with Gasteiger partial charge in [0.15, 0.2) is 5.78 Å². The van der Waals surface area contributed by atoms with Gasteiger partial charge in [-0.25, -0.2) is 0 Å². The van der Waals surface area contributed by atoms with Crippen LogP contribution in [0.4, 0.5) is 0 Å². The average Bonchev–Trinajstić information content (AvgIpc) is 2.57. The fourth-order valence-electron chi connectivity index (χ4n) is 1.68. The predicted molar refractivity (Wildman–Crippen MR) is 67.8 cm³/mol. The van der Waals surface area contributed by atoms with E-state index in [-0.39, 0.29) is 18.0 Å². The minimum atomic E-state index is -0.0749. The van der Waals surface area contributed by atoms with Crippen molar-refractivity contribution in [3.8, 4) is 0 Å². The molecule has 0 saturated carbocycles. The van der Waals surface area contributed by atoms with Crippen LogP contribution in [-0.2, 0) is 6.54 Å². The highest BCUT2D eigenvalue weighted by molar-refractivity contribution is 6.30. The SMILES string of the molecule is Cc1oc(=N)n(CC(=O)c2ccc(Cl)cc2)c1C. The van der Waals surface area contributed by atoms with Crippen LogP contribution in [0.25, 0.3) is 0 Å². The summed E-state index contributed by atoms with van der Waals surface area (Å²) in [5.74, 6) is 0.581. The highest BCUT2D eigenvalue weighted by Crippen LogP contribution is 2.11. The number of aryl methyl sites for hydroxylation is 1. The van der Waals surface area contributed by atoms with E-state index in [1.165, 1.54) is 0 Å². The lowest BCUT2D eigenvalue weighted by atomic mass is 10.1. The maximum Gasteiger partial charge on any atom is 0.294 e. The topological polar surface area (TPSA) is 59.0 Å². The minimum Gasteiger partial charge on any atom is -0.429 e. The molecule has 1 heterocycles. The van der Waals surface area contributed by atoms with E-state index < -0.39 is 0 Å². The summed E-state index contributed by atoms with van der Waals surface area (Å²) in [6, 6.07) is 6.71. The fraction of sp³-hybridized carbons (Fsp3) is 0.231. The van der Waals surface area contributed by atoms with Crippen molar-refractivity contribution in [3.63, 3.8) is 0 Å². The van der Waals surface area contributed by atoms with E-state index in [2.05, 4.69) is 0 Å². The molecule has 0 unspecified atom stereocenters. The zero-order valence-electron chi connectivity index (χ0n) is 10.2. The summed E-state index contributed by atoms with van der Waals surface area (Å²) < 4.78 is 6.71. The molecule has 2 aromatic rings. The predicted octanol–water partition coefficient (Wildman–Crippen LogP) is 2.71. The molecule has 5 heteroatoms. The second kappa shape index (κ2) is 4.82. The summed E-state index contributed by atoms with van der Waals surface area (Å²) in [7, 11) is 0. The molecule has 18 heavy (non-hydrogen) atoms. The van der Waals surface area contributed by atoms with Crippen molar-refractivity contribution in [2.45, 2.75) is 20.4 Å². The Morgan fingerprint density at radius 3 is 2.44 bits per heavy atom. The van der Waals surface area contributed by atoms with Crippen LogP contribution < -0.4 is 5.68 Å². The highest BCUT2D eigenvalue weighted by atomic mass is 35.5. The van der Waals surface area contributed by atoms with Crippen LogP contribution in [0, 0.1) is 19.3 Å². The Bertz CT molecular complexity index is 638. The van der Waals surface area contributed by atoms with Gasteiger partial charge < -0.3 is 4.42 Å². The molecule has 1 aromatic heterocycles. The third kappa shape index (κ3) is 2.38. The Balaban J connectivity index is 2.27. The van der Waals surface area contributed by atoms with E-state index in [1.54, 1.807) is 35.8 Å². The van der Waals surface area contributed by atoms with Crippen molar-refractivity contribution in [3.05, 3.63) is 52.0 Å². The molecule has 1 N–H and O–H groups in total. The first kappa shape index (κ1) is 12.6. The maximum absolute atomic E-state index is 12.1. The van der Waals surface area contributed by atoms with Crippen molar-refractivity contribution in [2.24, 2.45) is 0 Å². The minimum absolute atomic E-state index is 0.00712. The van der Waals surface area contributed by atoms with Crippen molar-refractivity contribution in [1.29, 1.82) is 5.41 Å². The Morgan fingerprint density at radius 2 is 1.94 bits per heavy atom. The number of aromatic nitrogens is 1. The highest BCUT2D eigenvalue weighted by Gasteiger charge is 2.12. The molecule has 0 saturated heterocycles. The standard InChI is InChI=1S/C13H13ClN2O2/c1-8-9(2)18-13(15)16(8)7-12(17)10-3-5-11(14)6-4-10/h3-6,15H,7H2,1-2H3. The molecule has 0 bridgehead atoms. The Morgan fingerprint density at radius 1 is 1.33 bits per heavy atom. The van der Waals surface area contributed by atoms with Gasteiger partial charge in [0.25, 0.3) is 5.68 Å². The van der Waals surface area contributed by atoms with Gasteiger partial charge >= 0.3 is 0 Å². The number of halogens is 1. The lowest BCUT2D eigenvalue weighted by Crippen LogP contribution is -2.21. The maximum atomic E-state index is 12.1. The fourth-order valence-corrected chi connectivity index (χ4v) is 1.80. The smallest absolute Gasteiger partial charge is 0.294 e. The molecule has 4 nitrogen and oxygen atoms in total. The van der Waals surface area contributed by atoms with Crippen LogP contribution in [0.3, 0.4) is 0 Å². The number of benzene rings is 1. The third-order valence-corrected chi connectivity index (χ3v) is 3.13. The second-order valence-corrected chi connectivity index (χ2v) is 4.50. The zero-order valence-corrected chi connectivity index (χ0v) is 10.9. The molecule has 0 amide bonds. The number of oxazole rings is 1. The number of ketones is 1. The molecule has 0 fully saturated rings. The van der Waals surface area contributed by atoms with Gasteiger partial charge in [0, 0.05) is 10.6 Å². The number of rotatable bonds is 3. The quantitative estimate of drug-likeness (QED) is 0.867. The molecule has 0 aliphatic heterocycles. The lowest BCUT2D eigenvalue weighted by Gasteiger charge is -2.04. The van der Waals surface area contributed by atoms with Crippen LogP contribution in [-0.4, -0.2) is 10.4 Å². The molecule has 0 atom stereocenters. The number of carbonyl (C=O) groups is 1. The molecule has 0 aliphatic carbocycles. The van der Waals surface area contributed by atoms with Crippen LogP contribution in [0.15, 0.2) is 28.7 Å². The zero-order chi connectivity index (χ0) is 13.3.